The first kappa shape index (κ1) is 19.3. The number of amides is 3. The van der Waals surface area contributed by atoms with E-state index >= 15 is 0 Å². The molecule has 5 rings (SSSR count). The van der Waals surface area contributed by atoms with Gasteiger partial charge in [-0.05, 0) is 31.1 Å². The zero-order valence-electron chi connectivity index (χ0n) is 16.1. The van der Waals surface area contributed by atoms with Gasteiger partial charge >= 0.3 is 6.03 Å². The minimum atomic E-state index is -0.583. The van der Waals surface area contributed by atoms with Crippen LogP contribution >= 0.6 is 11.6 Å². The van der Waals surface area contributed by atoms with Gasteiger partial charge in [0.15, 0.2) is 5.65 Å². The summed E-state index contributed by atoms with van der Waals surface area (Å²) >= 11 is 6.12. The molecule has 1 saturated carbocycles. The van der Waals surface area contributed by atoms with E-state index in [1.807, 2.05) is 0 Å². The number of carbonyl (C=O) groups excluding carboxylic acids is 2. The van der Waals surface area contributed by atoms with E-state index in [0.717, 1.165) is 12.8 Å². The summed E-state index contributed by atoms with van der Waals surface area (Å²) in [6, 6.07) is 6.08. The number of hydrogen-bond acceptors (Lipinski definition) is 6. The van der Waals surface area contributed by atoms with Crippen LogP contribution in [0.15, 0.2) is 36.2 Å². The maximum absolute atomic E-state index is 14.1. The highest BCUT2D eigenvalue weighted by Crippen LogP contribution is 2.28. The van der Waals surface area contributed by atoms with Crippen molar-refractivity contribution in [3.63, 3.8) is 0 Å². The highest BCUT2D eigenvalue weighted by molar-refractivity contribution is 6.31. The smallest absolute Gasteiger partial charge is 0.326 e. The van der Waals surface area contributed by atoms with Gasteiger partial charge in [0, 0.05) is 34.8 Å². The number of imide groups is 1. The topological polar surface area (TPSA) is 112 Å². The summed E-state index contributed by atoms with van der Waals surface area (Å²) in [6.07, 6.45) is 5.18. The number of halogens is 2. The van der Waals surface area contributed by atoms with Crippen LogP contribution in [0.2, 0.25) is 5.02 Å². The first-order chi connectivity index (χ1) is 15.0. The highest BCUT2D eigenvalue weighted by Gasteiger charge is 2.25. The standard InChI is InChI=1S/C20H17ClFN7O2/c21-13-2-1-3-14(22)12(13)9-23-16-7-17(25-11-4-5-11)29-18(27-16)10(8-24-29)6-15-19(30)28-20(31)26-15/h1-3,6-8,11,25H,4-5,9H2,(H,23,27)(H2,26,28,30,31)/b15-6-. The molecule has 0 atom stereocenters. The van der Waals surface area contributed by atoms with E-state index in [0.29, 0.717) is 39.5 Å². The number of aromatic nitrogens is 3. The molecule has 0 spiro atoms. The zero-order valence-corrected chi connectivity index (χ0v) is 16.8. The fourth-order valence-electron chi connectivity index (χ4n) is 3.23. The molecule has 3 heterocycles. The highest BCUT2D eigenvalue weighted by atomic mass is 35.5. The van der Waals surface area contributed by atoms with Crippen molar-refractivity contribution < 1.29 is 14.0 Å². The summed E-state index contributed by atoms with van der Waals surface area (Å²) in [5.41, 5.74) is 1.45. The van der Waals surface area contributed by atoms with Crippen molar-refractivity contribution in [1.29, 1.82) is 0 Å². The van der Waals surface area contributed by atoms with E-state index in [2.05, 4.69) is 31.3 Å². The van der Waals surface area contributed by atoms with E-state index in [1.54, 1.807) is 28.9 Å². The Morgan fingerprint density at radius 2 is 2.13 bits per heavy atom. The molecule has 3 aromatic rings. The Morgan fingerprint density at radius 1 is 1.29 bits per heavy atom. The van der Waals surface area contributed by atoms with Crippen molar-refractivity contribution in [1.82, 2.24) is 25.2 Å². The van der Waals surface area contributed by atoms with Crippen molar-refractivity contribution in [3.8, 4) is 0 Å². The molecule has 1 aliphatic heterocycles. The number of benzene rings is 1. The van der Waals surface area contributed by atoms with Crippen LogP contribution in [-0.4, -0.2) is 32.6 Å². The molecule has 1 saturated heterocycles. The third-order valence-corrected chi connectivity index (χ3v) is 5.31. The van der Waals surface area contributed by atoms with Crippen molar-refractivity contribution in [2.24, 2.45) is 0 Å². The molecule has 31 heavy (non-hydrogen) atoms. The van der Waals surface area contributed by atoms with Crippen molar-refractivity contribution in [3.05, 3.63) is 58.1 Å². The summed E-state index contributed by atoms with van der Waals surface area (Å²) in [5.74, 6) is 0.258. The SMILES string of the molecule is O=C1NC(=O)/C(=C/c2cnn3c(NC4CC4)cc(NCc4c(F)cccc4Cl)nc23)N1. The van der Waals surface area contributed by atoms with Gasteiger partial charge in [0.05, 0.1) is 6.20 Å². The molecule has 1 aliphatic carbocycles. The fourth-order valence-corrected chi connectivity index (χ4v) is 3.46. The molecule has 3 amide bonds. The third-order valence-electron chi connectivity index (χ3n) is 4.96. The molecule has 2 aromatic heterocycles. The van der Waals surface area contributed by atoms with Crippen LogP contribution in [0.1, 0.15) is 24.0 Å². The van der Waals surface area contributed by atoms with Crippen LogP contribution < -0.4 is 21.3 Å². The zero-order chi connectivity index (χ0) is 21.5. The van der Waals surface area contributed by atoms with Gasteiger partial charge in [-0.25, -0.2) is 14.2 Å². The summed E-state index contributed by atoms with van der Waals surface area (Å²) in [4.78, 5) is 27.8. The lowest BCUT2D eigenvalue weighted by Gasteiger charge is -2.12. The Hall–Kier alpha value is -3.66. The number of rotatable bonds is 6. The maximum Gasteiger partial charge on any atom is 0.326 e. The number of hydrogen-bond donors (Lipinski definition) is 4. The molecule has 158 valence electrons. The average molecular weight is 442 g/mol. The normalized spacial score (nSPS) is 17.2. The van der Waals surface area contributed by atoms with Gasteiger partial charge in [-0.1, -0.05) is 17.7 Å². The maximum atomic E-state index is 14.1. The van der Waals surface area contributed by atoms with Crippen LogP contribution in [0, 0.1) is 5.82 Å². The molecule has 2 fully saturated rings. The number of urea groups is 1. The second-order valence-electron chi connectivity index (χ2n) is 7.30. The lowest BCUT2D eigenvalue weighted by molar-refractivity contribution is -0.115. The summed E-state index contributed by atoms with van der Waals surface area (Å²) in [5, 5.41) is 15.8. The Kier molecular flexibility index (Phi) is 4.70. The minimum absolute atomic E-state index is 0.106. The molecular weight excluding hydrogens is 425 g/mol. The number of nitrogens with zero attached hydrogens (tertiary/aromatic N) is 3. The van der Waals surface area contributed by atoms with E-state index in [1.165, 1.54) is 12.1 Å². The monoisotopic (exact) mass is 441 g/mol. The molecule has 2 aliphatic rings. The van der Waals surface area contributed by atoms with Gasteiger partial charge in [-0.3, -0.25) is 10.1 Å². The van der Waals surface area contributed by atoms with Gasteiger partial charge < -0.3 is 16.0 Å². The summed E-state index contributed by atoms with van der Waals surface area (Å²) < 4.78 is 15.8. The predicted molar refractivity (Wildman–Crippen MR) is 113 cm³/mol. The van der Waals surface area contributed by atoms with E-state index in [4.69, 9.17) is 11.6 Å². The van der Waals surface area contributed by atoms with Gasteiger partial charge in [0.2, 0.25) is 0 Å². The molecule has 11 heteroatoms. The minimum Gasteiger partial charge on any atom is -0.367 e. The lowest BCUT2D eigenvalue weighted by Crippen LogP contribution is -2.22. The quantitative estimate of drug-likeness (QED) is 0.345. The number of anilines is 2. The van der Waals surface area contributed by atoms with E-state index in [-0.39, 0.29) is 12.2 Å². The van der Waals surface area contributed by atoms with Crippen molar-refractivity contribution in [2.45, 2.75) is 25.4 Å². The van der Waals surface area contributed by atoms with Gasteiger partial charge in [0.25, 0.3) is 5.91 Å². The largest absolute Gasteiger partial charge is 0.367 e. The van der Waals surface area contributed by atoms with Crippen molar-refractivity contribution >= 4 is 46.9 Å². The number of nitrogens with one attached hydrogen (secondary N) is 4. The fraction of sp³-hybridized carbons (Fsp3) is 0.200. The van der Waals surface area contributed by atoms with Gasteiger partial charge in [-0.15, -0.1) is 0 Å². The third kappa shape index (κ3) is 3.89. The molecule has 0 radical (unpaired) electrons. The molecule has 0 bridgehead atoms. The number of fused-ring (bicyclic) bond motifs is 1. The van der Waals surface area contributed by atoms with Crippen LogP contribution in [0.4, 0.5) is 20.8 Å². The van der Waals surface area contributed by atoms with E-state index in [9.17, 15) is 14.0 Å². The first-order valence-electron chi connectivity index (χ1n) is 9.64. The van der Waals surface area contributed by atoms with E-state index < -0.39 is 17.8 Å². The molecule has 4 N–H and O–H groups in total. The number of carbonyl (C=O) groups is 2. The van der Waals surface area contributed by atoms with Gasteiger partial charge in [0.1, 0.15) is 23.1 Å². The van der Waals surface area contributed by atoms with Crippen LogP contribution in [-0.2, 0) is 11.3 Å². The Labute approximate surface area is 180 Å². The summed E-state index contributed by atoms with van der Waals surface area (Å²) in [6.45, 7) is 0.139. The predicted octanol–water partition coefficient (Wildman–Crippen LogP) is 2.89. The summed E-state index contributed by atoms with van der Waals surface area (Å²) in [7, 11) is 0. The van der Waals surface area contributed by atoms with Crippen LogP contribution in [0.25, 0.3) is 11.7 Å². The molecule has 0 unspecified atom stereocenters. The Balaban J connectivity index is 1.51. The molecular formula is C20H17ClFN7O2. The Bertz CT molecular complexity index is 1230. The first-order valence-corrected chi connectivity index (χ1v) is 10.0. The molecule has 9 nitrogen and oxygen atoms in total. The second-order valence-corrected chi connectivity index (χ2v) is 7.71. The van der Waals surface area contributed by atoms with Crippen molar-refractivity contribution in [2.75, 3.05) is 10.6 Å². The van der Waals surface area contributed by atoms with Crippen LogP contribution in [0.5, 0.6) is 0 Å². The van der Waals surface area contributed by atoms with Crippen LogP contribution in [0.3, 0.4) is 0 Å². The molecule has 1 aromatic carbocycles. The average Bonchev–Trinajstić information content (AvgIpc) is 3.36. The second kappa shape index (κ2) is 7.55. The lowest BCUT2D eigenvalue weighted by atomic mass is 10.2. The van der Waals surface area contributed by atoms with Gasteiger partial charge in [-0.2, -0.15) is 9.61 Å². The Morgan fingerprint density at radius 3 is 2.84 bits per heavy atom.